The van der Waals surface area contributed by atoms with Crippen LogP contribution in [0.5, 0.6) is 0 Å². The van der Waals surface area contributed by atoms with Gasteiger partial charge in [-0.1, -0.05) is 0 Å². The molecule has 16 heavy (non-hydrogen) atoms. The Labute approximate surface area is 119 Å². The standard InChI is InChI=1S/C10H15I2O4/c1-9(11,6-12-3)8(14)16-10(2)5-4-7(13)15-10/h4-6H2,1-3H3/q-1. The van der Waals surface area contributed by atoms with Crippen molar-refractivity contribution in [2.45, 2.75) is 35.9 Å². The van der Waals surface area contributed by atoms with Crippen LogP contribution >= 0.6 is 22.6 Å². The van der Waals surface area contributed by atoms with Crippen LogP contribution in [0.2, 0.25) is 0 Å². The van der Waals surface area contributed by atoms with Crippen LogP contribution in [0.4, 0.5) is 0 Å². The van der Waals surface area contributed by atoms with Crippen LogP contribution in [0.1, 0.15) is 26.7 Å². The summed E-state index contributed by atoms with van der Waals surface area (Å²) >= 11 is 2.14. The number of alkyl halides is 3. The minimum atomic E-state index is -1.05. The molecule has 4 nitrogen and oxygen atoms in total. The van der Waals surface area contributed by atoms with Crippen molar-refractivity contribution in [1.82, 2.24) is 0 Å². The Morgan fingerprint density at radius 3 is 2.81 bits per heavy atom. The number of hydrogen-bond acceptors (Lipinski definition) is 4. The average molecular weight is 453 g/mol. The zero-order valence-electron chi connectivity index (χ0n) is 9.51. The van der Waals surface area contributed by atoms with E-state index in [2.05, 4.69) is 27.5 Å². The van der Waals surface area contributed by atoms with Crippen LogP contribution in [-0.2, 0) is 19.1 Å². The third-order valence-corrected chi connectivity index (χ3v) is 6.80. The minimum absolute atomic E-state index is 0.0228. The van der Waals surface area contributed by atoms with E-state index in [4.69, 9.17) is 9.47 Å². The fourth-order valence-electron chi connectivity index (χ4n) is 1.35. The van der Waals surface area contributed by atoms with Crippen molar-refractivity contribution in [3.05, 3.63) is 0 Å². The summed E-state index contributed by atoms with van der Waals surface area (Å²) in [6, 6.07) is 0. The van der Waals surface area contributed by atoms with Crippen LogP contribution in [0.25, 0.3) is 0 Å². The van der Waals surface area contributed by atoms with Gasteiger partial charge in [-0.15, -0.1) is 0 Å². The normalized spacial score (nSPS) is 28.6. The van der Waals surface area contributed by atoms with Gasteiger partial charge in [0.05, 0.1) is 0 Å². The summed E-state index contributed by atoms with van der Waals surface area (Å²) in [5.41, 5.74) is 0. The van der Waals surface area contributed by atoms with Crippen LogP contribution in [0, 0.1) is 0 Å². The Bertz CT molecular complexity index is 303. The van der Waals surface area contributed by atoms with Crippen molar-refractivity contribution in [1.29, 1.82) is 0 Å². The molecule has 6 heteroatoms. The summed E-state index contributed by atoms with van der Waals surface area (Å²) in [5.74, 6) is -1.63. The average Bonchev–Trinajstić information content (AvgIpc) is 2.45. The van der Waals surface area contributed by atoms with Crippen molar-refractivity contribution in [3.63, 3.8) is 0 Å². The van der Waals surface area contributed by atoms with Crippen LogP contribution in [0.3, 0.4) is 0 Å². The molecule has 0 aromatic rings. The number of hydrogen-bond donors (Lipinski definition) is 0. The van der Waals surface area contributed by atoms with E-state index in [-0.39, 0.29) is 33.1 Å². The summed E-state index contributed by atoms with van der Waals surface area (Å²) in [6.07, 6.45) is 0.772. The molecule has 0 saturated carbocycles. The van der Waals surface area contributed by atoms with Gasteiger partial charge in [0.15, 0.2) is 0 Å². The first-order chi connectivity index (χ1) is 7.29. The molecule has 94 valence electrons. The number of carbonyl (C=O) groups is 2. The van der Waals surface area contributed by atoms with Crippen molar-refractivity contribution in [2.24, 2.45) is 0 Å². The number of ether oxygens (including phenoxy) is 2. The van der Waals surface area contributed by atoms with Gasteiger partial charge in [-0.05, 0) is 0 Å². The Morgan fingerprint density at radius 1 is 1.75 bits per heavy atom. The molecule has 0 aliphatic carbocycles. The molecule has 2 atom stereocenters. The first-order valence-electron chi connectivity index (χ1n) is 4.87. The topological polar surface area (TPSA) is 52.6 Å². The third-order valence-electron chi connectivity index (χ3n) is 2.23. The summed E-state index contributed by atoms with van der Waals surface area (Å²) < 4.78 is 10.7. The maximum absolute atomic E-state index is 11.9. The van der Waals surface area contributed by atoms with Gasteiger partial charge in [0.25, 0.3) is 0 Å². The van der Waals surface area contributed by atoms with E-state index in [0.29, 0.717) is 12.8 Å². The first kappa shape index (κ1) is 14.5. The molecular weight excluding hydrogens is 438 g/mol. The molecule has 0 aromatic heterocycles. The van der Waals surface area contributed by atoms with Gasteiger partial charge >= 0.3 is 120 Å². The molecule has 1 aliphatic heterocycles. The summed E-state index contributed by atoms with van der Waals surface area (Å²) in [4.78, 5) is 25.1. The molecule has 1 aliphatic rings. The van der Waals surface area contributed by atoms with E-state index in [1.165, 1.54) is 0 Å². The second-order valence-electron chi connectivity index (χ2n) is 4.10. The Kier molecular flexibility index (Phi) is 4.85. The van der Waals surface area contributed by atoms with E-state index in [9.17, 15) is 9.59 Å². The zero-order chi connectivity index (χ0) is 12.4. The summed E-state index contributed by atoms with van der Waals surface area (Å²) in [7, 11) is 0. The quantitative estimate of drug-likeness (QED) is 0.296. The Balaban J connectivity index is 2.60. The SMILES string of the molecule is C[I-]CC(C)(I)C(=O)OC1(C)CCC(=O)O1. The van der Waals surface area contributed by atoms with Crippen molar-refractivity contribution >= 4 is 34.5 Å². The second kappa shape index (κ2) is 5.36. The number of esters is 2. The number of carbonyl (C=O) groups excluding carboxylic acids is 2. The molecule has 1 saturated heterocycles. The molecule has 1 fully saturated rings. The van der Waals surface area contributed by atoms with E-state index in [1.807, 2.05) is 6.92 Å². The molecule has 0 N–H and O–H groups in total. The Hall–Kier alpha value is 0.400. The van der Waals surface area contributed by atoms with Gasteiger partial charge in [0.1, 0.15) is 0 Å². The van der Waals surface area contributed by atoms with Crippen LogP contribution in [-0.4, -0.2) is 30.5 Å². The van der Waals surface area contributed by atoms with Crippen molar-refractivity contribution < 1.29 is 40.3 Å². The zero-order valence-corrected chi connectivity index (χ0v) is 13.8. The third kappa shape index (κ3) is 3.71. The summed E-state index contributed by atoms with van der Waals surface area (Å²) in [5, 5.41) is 0. The van der Waals surface area contributed by atoms with Gasteiger partial charge < -0.3 is 0 Å². The molecule has 0 amide bonds. The van der Waals surface area contributed by atoms with Crippen molar-refractivity contribution in [2.75, 3.05) is 9.36 Å². The van der Waals surface area contributed by atoms with Gasteiger partial charge in [0, 0.05) is 0 Å². The predicted octanol–water partition coefficient (Wildman–Crippen LogP) is -1.50. The van der Waals surface area contributed by atoms with Gasteiger partial charge in [0.2, 0.25) is 0 Å². The molecular formula is C10H15I2O4-. The first-order valence-corrected chi connectivity index (χ1v) is 9.63. The maximum atomic E-state index is 11.9. The molecule has 1 heterocycles. The Morgan fingerprint density at radius 2 is 2.38 bits per heavy atom. The molecule has 0 aromatic carbocycles. The predicted molar refractivity (Wildman–Crippen MR) is 63.0 cm³/mol. The van der Waals surface area contributed by atoms with Crippen LogP contribution in [0.15, 0.2) is 0 Å². The fraction of sp³-hybridized carbons (Fsp3) is 0.800. The van der Waals surface area contributed by atoms with E-state index < -0.39 is 9.21 Å². The molecule has 0 spiro atoms. The molecule has 0 radical (unpaired) electrons. The molecule has 0 bridgehead atoms. The van der Waals surface area contributed by atoms with E-state index in [0.717, 1.165) is 4.43 Å². The number of cyclic esters (lactones) is 1. The number of rotatable bonds is 4. The number of halogens is 2. The molecule has 1 rings (SSSR count). The van der Waals surface area contributed by atoms with Crippen molar-refractivity contribution in [3.8, 4) is 0 Å². The summed E-state index contributed by atoms with van der Waals surface area (Å²) in [6.45, 7) is 3.50. The monoisotopic (exact) mass is 453 g/mol. The van der Waals surface area contributed by atoms with Gasteiger partial charge in [-0.2, -0.15) is 0 Å². The fourth-order valence-corrected chi connectivity index (χ4v) is 5.14. The molecule has 2 unspecified atom stereocenters. The van der Waals surface area contributed by atoms with Gasteiger partial charge in [-0.3, -0.25) is 0 Å². The van der Waals surface area contributed by atoms with Crippen LogP contribution < -0.4 is 21.2 Å². The van der Waals surface area contributed by atoms with E-state index in [1.54, 1.807) is 6.92 Å². The van der Waals surface area contributed by atoms with E-state index >= 15 is 0 Å². The van der Waals surface area contributed by atoms with Gasteiger partial charge in [-0.25, -0.2) is 0 Å². The second-order valence-corrected chi connectivity index (χ2v) is 8.77.